The maximum absolute atomic E-state index is 12.6. The highest BCUT2D eigenvalue weighted by atomic mass is 16.6. The van der Waals surface area contributed by atoms with E-state index >= 15 is 0 Å². The summed E-state index contributed by atoms with van der Waals surface area (Å²) in [6, 6.07) is 8.07. The fourth-order valence-corrected chi connectivity index (χ4v) is 2.99. The van der Waals surface area contributed by atoms with Gasteiger partial charge in [0.15, 0.2) is 11.5 Å². The van der Waals surface area contributed by atoms with E-state index in [1.54, 1.807) is 32.4 Å². The van der Waals surface area contributed by atoms with Crippen LogP contribution in [0.5, 0.6) is 23.0 Å². The molecule has 0 fully saturated rings. The molecule has 1 amide bonds. The number of nitrogens with zero attached hydrogens (tertiary/aromatic N) is 1. The third-order valence-electron chi connectivity index (χ3n) is 4.57. The Bertz CT molecular complexity index is 931. The quantitative estimate of drug-likeness (QED) is 0.349. The number of carbonyl (C=O) groups is 1. The van der Waals surface area contributed by atoms with Crippen LogP contribution in [0.15, 0.2) is 30.3 Å². The average molecular weight is 447 g/mol. The van der Waals surface area contributed by atoms with Crippen molar-refractivity contribution in [3.8, 4) is 23.0 Å². The molecular weight excluding hydrogens is 416 g/mol. The molecule has 0 unspecified atom stereocenters. The summed E-state index contributed by atoms with van der Waals surface area (Å²) in [7, 11) is 3.11. The van der Waals surface area contributed by atoms with E-state index in [2.05, 4.69) is 5.32 Å². The molecule has 0 aromatic heterocycles. The Hall–Kier alpha value is -3.49. The lowest BCUT2D eigenvalue weighted by molar-refractivity contribution is -0.384. The zero-order chi connectivity index (χ0) is 23.5. The van der Waals surface area contributed by atoms with Crippen molar-refractivity contribution >= 4 is 17.3 Å². The number of aryl methyl sites for hydroxylation is 1. The molecule has 0 saturated carbocycles. The van der Waals surface area contributed by atoms with Crippen molar-refractivity contribution < 1.29 is 28.7 Å². The van der Waals surface area contributed by atoms with Crippen LogP contribution < -0.4 is 24.3 Å². The van der Waals surface area contributed by atoms with Crippen molar-refractivity contribution in [2.45, 2.75) is 39.5 Å². The van der Waals surface area contributed by atoms with Gasteiger partial charge in [0.25, 0.3) is 5.69 Å². The maximum Gasteiger partial charge on any atom is 0.296 e. The molecule has 32 heavy (non-hydrogen) atoms. The second kappa shape index (κ2) is 12.4. The molecule has 2 aromatic carbocycles. The fraction of sp³-hybridized carbons (Fsp3) is 0.435. The van der Waals surface area contributed by atoms with E-state index < -0.39 is 4.92 Å². The van der Waals surface area contributed by atoms with Crippen LogP contribution in [0, 0.1) is 10.1 Å². The summed E-state index contributed by atoms with van der Waals surface area (Å²) in [5, 5.41) is 14.3. The maximum atomic E-state index is 12.6. The summed E-state index contributed by atoms with van der Waals surface area (Å²) in [6.07, 6.45) is 1.97. The van der Waals surface area contributed by atoms with Gasteiger partial charge in [-0.1, -0.05) is 13.8 Å². The molecule has 1 N–H and O–H groups in total. The van der Waals surface area contributed by atoms with E-state index in [0.29, 0.717) is 36.9 Å². The SMILES string of the molecule is CCCOc1cc(NC(=O)CCc2cc(OC)ccc2OC)c([N+](=O)[O-])cc1OCCC. The van der Waals surface area contributed by atoms with Crippen LogP contribution in [-0.2, 0) is 11.2 Å². The zero-order valence-electron chi connectivity index (χ0n) is 18.9. The molecule has 2 rings (SSSR count). The summed E-state index contributed by atoms with van der Waals surface area (Å²) in [6.45, 7) is 4.71. The van der Waals surface area contributed by atoms with E-state index in [-0.39, 0.29) is 29.5 Å². The minimum Gasteiger partial charge on any atom is -0.497 e. The lowest BCUT2D eigenvalue weighted by atomic mass is 10.1. The van der Waals surface area contributed by atoms with Gasteiger partial charge >= 0.3 is 0 Å². The lowest BCUT2D eigenvalue weighted by Crippen LogP contribution is -2.14. The highest BCUT2D eigenvalue weighted by molar-refractivity contribution is 5.94. The van der Waals surface area contributed by atoms with Gasteiger partial charge in [0, 0.05) is 12.5 Å². The third kappa shape index (κ3) is 6.76. The second-order valence-corrected chi connectivity index (χ2v) is 7.00. The lowest BCUT2D eigenvalue weighted by Gasteiger charge is -2.15. The van der Waals surface area contributed by atoms with Gasteiger partial charge in [-0.05, 0) is 43.0 Å². The monoisotopic (exact) mass is 446 g/mol. The number of benzene rings is 2. The number of methoxy groups -OCH3 is 2. The molecule has 0 aliphatic heterocycles. The van der Waals surface area contributed by atoms with Gasteiger partial charge in [-0.3, -0.25) is 14.9 Å². The standard InChI is InChI=1S/C23H30N2O7/c1-5-11-31-21-14-18(19(25(27)28)15-22(21)32-12-6-2)24-23(26)10-7-16-13-17(29-3)8-9-20(16)30-4/h8-9,13-15H,5-7,10-12H2,1-4H3,(H,24,26). The van der Waals surface area contributed by atoms with Gasteiger partial charge in [-0.2, -0.15) is 0 Å². The number of anilines is 1. The Kier molecular flexibility index (Phi) is 9.59. The van der Waals surface area contributed by atoms with E-state index in [0.717, 1.165) is 18.4 Å². The van der Waals surface area contributed by atoms with Crippen molar-refractivity contribution in [2.24, 2.45) is 0 Å². The van der Waals surface area contributed by atoms with Crippen molar-refractivity contribution in [3.05, 3.63) is 46.0 Å². The topological polar surface area (TPSA) is 109 Å². The summed E-state index contributed by atoms with van der Waals surface area (Å²) in [5.41, 5.74) is 0.603. The normalized spacial score (nSPS) is 10.4. The third-order valence-corrected chi connectivity index (χ3v) is 4.57. The minimum atomic E-state index is -0.552. The highest BCUT2D eigenvalue weighted by Gasteiger charge is 2.22. The highest BCUT2D eigenvalue weighted by Crippen LogP contribution is 2.38. The molecule has 0 saturated heterocycles. The van der Waals surface area contributed by atoms with Crippen LogP contribution >= 0.6 is 0 Å². The van der Waals surface area contributed by atoms with E-state index in [1.807, 2.05) is 13.8 Å². The number of amides is 1. The van der Waals surface area contributed by atoms with Crippen molar-refractivity contribution in [3.63, 3.8) is 0 Å². The Morgan fingerprint density at radius 1 is 0.969 bits per heavy atom. The number of hydrogen-bond acceptors (Lipinski definition) is 7. The van der Waals surface area contributed by atoms with Crippen LogP contribution in [0.4, 0.5) is 11.4 Å². The summed E-state index contributed by atoms with van der Waals surface area (Å²) < 4.78 is 21.9. The summed E-state index contributed by atoms with van der Waals surface area (Å²) in [5.74, 6) is 1.55. The molecule has 9 nitrogen and oxygen atoms in total. The van der Waals surface area contributed by atoms with Crippen LogP contribution in [0.25, 0.3) is 0 Å². The minimum absolute atomic E-state index is 0.0626. The first-order valence-electron chi connectivity index (χ1n) is 10.5. The average Bonchev–Trinajstić information content (AvgIpc) is 2.80. The van der Waals surface area contributed by atoms with Crippen LogP contribution in [0.1, 0.15) is 38.7 Å². The molecule has 0 atom stereocenters. The smallest absolute Gasteiger partial charge is 0.296 e. The Balaban J connectivity index is 2.22. The van der Waals surface area contributed by atoms with Gasteiger partial charge in [0.05, 0.1) is 38.4 Å². The summed E-state index contributed by atoms with van der Waals surface area (Å²) in [4.78, 5) is 23.7. The van der Waals surface area contributed by atoms with E-state index in [4.69, 9.17) is 18.9 Å². The predicted octanol–water partition coefficient (Wildman–Crippen LogP) is 4.76. The second-order valence-electron chi connectivity index (χ2n) is 7.00. The molecule has 0 heterocycles. The molecular formula is C23H30N2O7. The number of ether oxygens (including phenoxy) is 4. The summed E-state index contributed by atoms with van der Waals surface area (Å²) >= 11 is 0. The Labute approximate surface area is 187 Å². The molecule has 9 heteroatoms. The van der Waals surface area contributed by atoms with Gasteiger partial charge in [-0.25, -0.2) is 0 Å². The first-order valence-corrected chi connectivity index (χ1v) is 10.5. The molecule has 0 aliphatic carbocycles. The predicted molar refractivity (Wildman–Crippen MR) is 121 cm³/mol. The van der Waals surface area contributed by atoms with Crippen LogP contribution in [0.2, 0.25) is 0 Å². The first kappa shape index (κ1) is 24.8. The van der Waals surface area contributed by atoms with Crippen molar-refractivity contribution in [1.82, 2.24) is 0 Å². The largest absolute Gasteiger partial charge is 0.497 e. The molecule has 174 valence electrons. The van der Waals surface area contributed by atoms with Gasteiger partial charge in [0.2, 0.25) is 5.91 Å². The van der Waals surface area contributed by atoms with E-state index in [1.165, 1.54) is 12.1 Å². The van der Waals surface area contributed by atoms with Crippen LogP contribution in [-0.4, -0.2) is 38.3 Å². The Morgan fingerprint density at radius 2 is 1.62 bits per heavy atom. The number of nitro benzene ring substituents is 1. The molecule has 0 radical (unpaired) electrons. The number of hydrogen-bond donors (Lipinski definition) is 1. The van der Waals surface area contributed by atoms with Crippen molar-refractivity contribution in [1.29, 1.82) is 0 Å². The number of rotatable bonds is 13. The van der Waals surface area contributed by atoms with Gasteiger partial charge in [-0.15, -0.1) is 0 Å². The van der Waals surface area contributed by atoms with Crippen LogP contribution in [0.3, 0.4) is 0 Å². The first-order chi connectivity index (χ1) is 15.4. The van der Waals surface area contributed by atoms with Crippen molar-refractivity contribution in [2.75, 3.05) is 32.8 Å². The van der Waals surface area contributed by atoms with Gasteiger partial charge < -0.3 is 24.3 Å². The fourth-order valence-electron chi connectivity index (χ4n) is 2.99. The molecule has 2 aromatic rings. The number of carbonyl (C=O) groups excluding carboxylic acids is 1. The molecule has 0 spiro atoms. The number of nitro groups is 1. The molecule has 0 aliphatic rings. The number of nitrogens with one attached hydrogen (secondary N) is 1. The van der Waals surface area contributed by atoms with E-state index in [9.17, 15) is 14.9 Å². The van der Waals surface area contributed by atoms with Gasteiger partial charge in [0.1, 0.15) is 17.2 Å². The zero-order valence-corrected chi connectivity index (χ0v) is 18.9. The molecule has 0 bridgehead atoms. The Morgan fingerprint density at radius 3 is 2.19 bits per heavy atom.